The van der Waals surface area contributed by atoms with Crippen molar-refractivity contribution in [2.45, 2.75) is 25.7 Å². The van der Waals surface area contributed by atoms with Gasteiger partial charge in [0.05, 0.1) is 28.3 Å². The van der Waals surface area contributed by atoms with Crippen LogP contribution in [0.5, 0.6) is 0 Å². The Kier molecular flexibility index (Phi) is 5.56. The number of fused-ring (bicyclic) bond motifs is 1. The van der Waals surface area contributed by atoms with Gasteiger partial charge >= 0.3 is 0 Å². The van der Waals surface area contributed by atoms with Gasteiger partial charge in [0.2, 0.25) is 0 Å². The van der Waals surface area contributed by atoms with Gasteiger partial charge in [0, 0.05) is 11.9 Å². The van der Waals surface area contributed by atoms with Crippen molar-refractivity contribution >= 4 is 29.2 Å². The number of nitrogens with one attached hydrogen (secondary N) is 1. The molecule has 1 radical (unpaired) electrons. The molecule has 0 atom stereocenters. The molecule has 7 heteroatoms. The number of carbonyl (C=O) groups is 1. The Morgan fingerprint density at radius 2 is 1.79 bits per heavy atom. The molecule has 0 saturated carbocycles. The standard InChI is InChI=1S/C26H27N6O/c1-16-21(27)7-8-22(29-16)23-15-19-9-12-28-26(33)24(19)25(31-23)30-20-5-3-17(4-6-20)18-10-13-32(2)14-11-18/h3-9,12,15,18H,10-11,13-14,27H2,1-2H3,(H,30,31). The number of piperidine rings is 1. The summed E-state index contributed by atoms with van der Waals surface area (Å²) in [6.07, 6.45) is 5.70. The van der Waals surface area contributed by atoms with E-state index in [1.54, 1.807) is 0 Å². The number of pyridine rings is 2. The molecule has 0 unspecified atom stereocenters. The van der Waals surface area contributed by atoms with E-state index in [1.807, 2.05) is 31.2 Å². The molecule has 167 valence electrons. The zero-order valence-corrected chi connectivity index (χ0v) is 18.9. The number of benzene rings is 1. The van der Waals surface area contributed by atoms with E-state index in [1.165, 1.54) is 24.6 Å². The van der Waals surface area contributed by atoms with Crippen molar-refractivity contribution in [2.24, 2.45) is 0 Å². The number of amides is 1. The Bertz CT molecular complexity index is 1230. The van der Waals surface area contributed by atoms with E-state index >= 15 is 0 Å². The first kappa shape index (κ1) is 21.2. The van der Waals surface area contributed by atoms with Crippen LogP contribution in [0.1, 0.15) is 45.9 Å². The first-order valence-electron chi connectivity index (χ1n) is 11.2. The molecule has 7 nitrogen and oxygen atoms in total. The molecule has 1 amide bonds. The summed E-state index contributed by atoms with van der Waals surface area (Å²) in [4.78, 5) is 24.3. The third kappa shape index (κ3) is 4.32. The Labute approximate surface area is 193 Å². The molecule has 2 aromatic heterocycles. The monoisotopic (exact) mass is 439 g/mol. The van der Waals surface area contributed by atoms with Crippen LogP contribution in [0.2, 0.25) is 0 Å². The summed E-state index contributed by atoms with van der Waals surface area (Å²) in [7, 11) is 2.18. The highest BCUT2D eigenvalue weighted by atomic mass is 16.1. The number of hydrogen-bond donors (Lipinski definition) is 2. The van der Waals surface area contributed by atoms with Gasteiger partial charge in [-0.25, -0.2) is 15.3 Å². The number of carbonyl (C=O) groups excluding carboxylic acids is 1. The fraction of sp³-hybridized carbons (Fsp3) is 0.269. The molecule has 0 spiro atoms. The summed E-state index contributed by atoms with van der Waals surface area (Å²) >= 11 is 0. The molecule has 0 bridgehead atoms. The van der Waals surface area contributed by atoms with Gasteiger partial charge in [-0.3, -0.25) is 4.79 Å². The zero-order valence-electron chi connectivity index (χ0n) is 18.9. The summed E-state index contributed by atoms with van der Waals surface area (Å²) in [5, 5.41) is 7.30. The second kappa shape index (κ2) is 8.67. The van der Waals surface area contributed by atoms with Crippen LogP contribution in [0, 0.1) is 6.92 Å². The first-order valence-corrected chi connectivity index (χ1v) is 11.2. The van der Waals surface area contributed by atoms with Gasteiger partial charge in [-0.05, 0) is 93.4 Å². The highest BCUT2D eigenvalue weighted by molar-refractivity contribution is 6.05. The fourth-order valence-corrected chi connectivity index (χ4v) is 4.42. The van der Waals surface area contributed by atoms with Crippen molar-refractivity contribution in [1.29, 1.82) is 0 Å². The zero-order chi connectivity index (χ0) is 22.9. The van der Waals surface area contributed by atoms with Crippen molar-refractivity contribution in [3.63, 3.8) is 0 Å². The largest absolute Gasteiger partial charge is 0.397 e. The Morgan fingerprint density at radius 1 is 1.03 bits per heavy atom. The van der Waals surface area contributed by atoms with Gasteiger partial charge in [0.15, 0.2) is 0 Å². The maximum Gasteiger partial charge on any atom is 0.281 e. The predicted molar refractivity (Wildman–Crippen MR) is 131 cm³/mol. The van der Waals surface area contributed by atoms with E-state index in [2.05, 4.69) is 51.8 Å². The highest BCUT2D eigenvalue weighted by Gasteiger charge is 2.23. The van der Waals surface area contributed by atoms with Gasteiger partial charge in [0.1, 0.15) is 5.82 Å². The maximum atomic E-state index is 12.6. The van der Waals surface area contributed by atoms with Crippen molar-refractivity contribution in [3.05, 3.63) is 71.0 Å². The Balaban J connectivity index is 1.47. The van der Waals surface area contributed by atoms with E-state index in [9.17, 15) is 4.79 Å². The van der Waals surface area contributed by atoms with Crippen molar-refractivity contribution in [1.82, 2.24) is 20.2 Å². The minimum absolute atomic E-state index is 0.307. The molecular formula is C26H27N6O. The summed E-state index contributed by atoms with van der Waals surface area (Å²) in [5.41, 5.74) is 12.1. The first-order chi connectivity index (χ1) is 16.0. The molecule has 3 N–H and O–H groups in total. The molecule has 1 saturated heterocycles. The van der Waals surface area contributed by atoms with Crippen LogP contribution >= 0.6 is 0 Å². The number of likely N-dealkylation sites (tertiary alicyclic amines) is 1. The molecule has 2 aliphatic heterocycles. The van der Waals surface area contributed by atoms with Crippen LogP contribution in [0.3, 0.4) is 0 Å². The normalized spacial score (nSPS) is 16.4. The molecular weight excluding hydrogens is 412 g/mol. The predicted octanol–water partition coefficient (Wildman–Crippen LogP) is 4.32. The van der Waals surface area contributed by atoms with Crippen molar-refractivity contribution in [2.75, 3.05) is 31.2 Å². The van der Waals surface area contributed by atoms with E-state index in [0.29, 0.717) is 34.4 Å². The van der Waals surface area contributed by atoms with Crippen LogP contribution in [0.15, 0.2) is 48.7 Å². The van der Waals surface area contributed by atoms with Crippen LogP contribution in [0.25, 0.3) is 17.5 Å². The summed E-state index contributed by atoms with van der Waals surface area (Å²) in [6, 6.07) is 14.0. The van der Waals surface area contributed by atoms with Gasteiger partial charge in [-0.1, -0.05) is 12.1 Å². The second-order valence-electron chi connectivity index (χ2n) is 8.77. The van der Waals surface area contributed by atoms with Gasteiger partial charge < -0.3 is 16.0 Å². The molecule has 1 fully saturated rings. The number of hydrogen-bond acceptors (Lipinski definition) is 6. The van der Waals surface area contributed by atoms with E-state index in [4.69, 9.17) is 10.7 Å². The number of aromatic nitrogens is 2. The van der Waals surface area contributed by atoms with Crippen LogP contribution in [-0.4, -0.2) is 40.9 Å². The molecule has 2 aliphatic rings. The fourth-order valence-electron chi connectivity index (χ4n) is 4.42. The number of rotatable bonds is 4. The third-order valence-corrected chi connectivity index (χ3v) is 6.46. The lowest BCUT2D eigenvalue weighted by Gasteiger charge is -2.29. The Hall–Kier alpha value is -3.71. The molecule has 3 aromatic rings. The summed E-state index contributed by atoms with van der Waals surface area (Å²) in [5.74, 6) is 0.761. The smallest absolute Gasteiger partial charge is 0.281 e. The van der Waals surface area contributed by atoms with Crippen molar-refractivity contribution in [3.8, 4) is 11.4 Å². The SMILES string of the molecule is Cc1nc(-c2cc3c(c(Nc4ccc(C5CCN(C)CC5)cc4)n2)C(=O)[N]C=C3)ccc1N. The average Bonchev–Trinajstić information content (AvgIpc) is 2.82. The molecule has 4 heterocycles. The van der Waals surface area contributed by atoms with E-state index in [-0.39, 0.29) is 5.91 Å². The maximum absolute atomic E-state index is 12.6. The van der Waals surface area contributed by atoms with Crippen molar-refractivity contribution < 1.29 is 4.79 Å². The van der Waals surface area contributed by atoms with Crippen LogP contribution < -0.4 is 16.4 Å². The lowest BCUT2D eigenvalue weighted by Crippen LogP contribution is -2.29. The number of nitrogens with zero attached hydrogens (tertiary/aromatic N) is 4. The second-order valence-corrected chi connectivity index (χ2v) is 8.77. The summed E-state index contributed by atoms with van der Waals surface area (Å²) in [6.45, 7) is 4.13. The third-order valence-electron chi connectivity index (χ3n) is 6.46. The minimum Gasteiger partial charge on any atom is -0.397 e. The topological polar surface area (TPSA) is 98.2 Å². The highest BCUT2D eigenvalue weighted by Crippen LogP contribution is 2.32. The van der Waals surface area contributed by atoms with Crippen LogP contribution in [0.4, 0.5) is 17.2 Å². The van der Waals surface area contributed by atoms with Gasteiger partial charge in [0.25, 0.3) is 5.91 Å². The number of anilines is 3. The average molecular weight is 440 g/mol. The Morgan fingerprint density at radius 3 is 2.52 bits per heavy atom. The van der Waals surface area contributed by atoms with Gasteiger partial charge in [-0.15, -0.1) is 0 Å². The lowest BCUT2D eigenvalue weighted by atomic mass is 9.89. The molecule has 1 aromatic carbocycles. The number of nitrogen functional groups attached to an aromatic ring is 1. The molecule has 0 aliphatic carbocycles. The molecule has 33 heavy (non-hydrogen) atoms. The van der Waals surface area contributed by atoms with E-state index < -0.39 is 0 Å². The molecule has 5 rings (SSSR count). The van der Waals surface area contributed by atoms with Crippen LogP contribution in [-0.2, 0) is 0 Å². The quantitative estimate of drug-likeness (QED) is 0.628. The number of nitrogens with two attached hydrogens (primary N) is 1. The van der Waals surface area contributed by atoms with Gasteiger partial charge in [-0.2, -0.15) is 0 Å². The summed E-state index contributed by atoms with van der Waals surface area (Å²) < 4.78 is 0. The number of aryl methyl sites for hydroxylation is 1. The lowest BCUT2D eigenvalue weighted by molar-refractivity contribution is 0.0965. The van der Waals surface area contributed by atoms with E-state index in [0.717, 1.165) is 30.0 Å². The minimum atomic E-state index is -0.307.